The summed E-state index contributed by atoms with van der Waals surface area (Å²) in [6.45, 7) is 6.77. The average molecular weight is 312 g/mol. The summed E-state index contributed by atoms with van der Waals surface area (Å²) in [4.78, 5) is 22.8. The van der Waals surface area contributed by atoms with E-state index in [9.17, 15) is 20.0 Å². The van der Waals surface area contributed by atoms with Crippen molar-refractivity contribution in [3.63, 3.8) is 0 Å². The second kappa shape index (κ2) is 6.44. The highest BCUT2D eigenvalue weighted by Crippen LogP contribution is 2.23. The molecule has 0 spiro atoms. The second-order valence-electron chi connectivity index (χ2n) is 5.77. The molecule has 2 N–H and O–H groups in total. The highest BCUT2D eigenvalue weighted by atomic mass is 32.2. The Hall–Kier alpha value is -1.60. The molecule has 0 aliphatic rings. The molecule has 0 unspecified atom stereocenters. The number of nitrogens with zero attached hydrogens (tertiary/aromatic N) is 1. The largest absolute Gasteiger partial charge is 0.388 e. The summed E-state index contributed by atoms with van der Waals surface area (Å²) in [5, 5.41) is 23.3. The third kappa shape index (κ3) is 5.02. The molecule has 0 fully saturated rings. The van der Waals surface area contributed by atoms with Crippen LogP contribution in [-0.2, 0) is 4.79 Å². The number of hydrogen-bond acceptors (Lipinski definition) is 5. The smallest absolute Gasteiger partial charge is 0.269 e. The van der Waals surface area contributed by atoms with E-state index in [0.29, 0.717) is 0 Å². The average Bonchev–Trinajstić information content (AvgIpc) is 2.35. The maximum Gasteiger partial charge on any atom is 0.269 e. The van der Waals surface area contributed by atoms with Gasteiger partial charge in [0.25, 0.3) is 5.69 Å². The molecule has 1 aromatic carbocycles. The molecule has 116 valence electrons. The van der Waals surface area contributed by atoms with Gasteiger partial charge in [0.1, 0.15) is 0 Å². The quantitative estimate of drug-likeness (QED) is 0.478. The predicted molar refractivity (Wildman–Crippen MR) is 82.3 cm³/mol. The lowest BCUT2D eigenvalue weighted by atomic mass is 9.86. The summed E-state index contributed by atoms with van der Waals surface area (Å²) in [7, 11) is 0. The third-order valence-corrected chi connectivity index (χ3v) is 4.41. The number of hydrogen-bond donors (Lipinski definition) is 2. The first kappa shape index (κ1) is 17.5. The molecule has 0 saturated carbocycles. The number of nitro groups is 1. The van der Waals surface area contributed by atoms with Crippen LogP contribution in [0, 0.1) is 10.1 Å². The van der Waals surface area contributed by atoms with Crippen molar-refractivity contribution in [3.8, 4) is 0 Å². The summed E-state index contributed by atoms with van der Waals surface area (Å²) in [5.74, 6) is -0.0254. The Labute approximate surface area is 128 Å². The molecule has 0 radical (unpaired) electrons. The zero-order valence-corrected chi connectivity index (χ0v) is 13.4. The van der Waals surface area contributed by atoms with Crippen LogP contribution >= 0.6 is 11.8 Å². The van der Waals surface area contributed by atoms with Gasteiger partial charge in [0, 0.05) is 17.0 Å². The van der Waals surface area contributed by atoms with Gasteiger partial charge in [-0.1, -0.05) is 0 Å². The van der Waals surface area contributed by atoms with Gasteiger partial charge in [-0.3, -0.25) is 14.9 Å². The van der Waals surface area contributed by atoms with Crippen molar-refractivity contribution in [1.29, 1.82) is 0 Å². The van der Waals surface area contributed by atoms with Gasteiger partial charge in [-0.2, -0.15) is 0 Å². The summed E-state index contributed by atoms with van der Waals surface area (Å²) in [5.41, 5.74) is -1.77. The minimum atomic E-state index is -1.04. The summed E-state index contributed by atoms with van der Waals surface area (Å²) in [6.07, 6.45) is 0. The Morgan fingerprint density at radius 1 is 1.29 bits per heavy atom. The van der Waals surface area contributed by atoms with E-state index in [1.165, 1.54) is 23.9 Å². The van der Waals surface area contributed by atoms with Crippen LogP contribution in [0.1, 0.15) is 27.7 Å². The van der Waals surface area contributed by atoms with Crippen LogP contribution in [0.15, 0.2) is 29.2 Å². The Kier molecular flexibility index (Phi) is 5.36. The number of nitro benzene ring substituents is 1. The number of thioether (sulfide) groups is 1. The van der Waals surface area contributed by atoms with E-state index in [4.69, 9.17) is 0 Å². The van der Waals surface area contributed by atoms with Crippen LogP contribution < -0.4 is 5.32 Å². The van der Waals surface area contributed by atoms with Crippen LogP contribution in [0.2, 0.25) is 0 Å². The van der Waals surface area contributed by atoms with Crippen LogP contribution in [0.4, 0.5) is 5.69 Å². The second-order valence-corrected chi connectivity index (χ2v) is 6.82. The molecule has 21 heavy (non-hydrogen) atoms. The maximum absolute atomic E-state index is 11.9. The van der Waals surface area contributed by atoms with E-state index in [2.05, 4.69) is 5.32 Å². The standard InChI is InChI=1S/C14H20N2O4S/c1-13(2,14(3,4)18)15-12(17)9-21-11-7-5-10(6-8-11)16(19)20/h5-8,18H,9H2,1-4H3,(H,15,17). The first-order chi connectivity index (χ1) is 9.53. The van der Waals surface area contributed by atoms with Crippen molar-refractivity contribution in [2.24, 2.45) is 0 Å². The number of benzene rings is 1. The van der Waals surface area contributed by atoms with E-state index >= 15 is 0 Å². The highest BCUT2D eigenvalue weighted by Gasteiger charge is 2.36. The van der Waals surface area contributed by atoms with Gasteiger partial charge in [0.05, 0.1) is 21.8 Å². The van der Waals surface area contributed by atoms with E-state index in [0.717, 1.165) is 4.90 Å². The third-order valence-electron chi connectivity index (χ3n) is 3.40. The molecule has 1 aromatic rings. The van der Waals surface area contributed by atoms with E-state index in [-0.39, 0.29) is 17.3 Å². The van der Waals surface area contributed by atoms with Gasteiger partial charge in [0.15, 0.2) is 0 Å². The van der Waals surface area contributed by atoms with Gasteiger partial charge in [-0.15, -0.1) is 11.8 Å². The molecule has 7 heteroatoms. The number of carbonyl (C=O) groups is 1. The van der Waals surface area contributed by atoms with Crippen molar-refractivity contribution < 1.29 is 14.8 Å². The number of carbonyl (C=O) groups excluding carboxylic acids is 1. The molecule has 1 rings (SSSR count). The van der Waals surface area contributed by atoms with E-state index < -0.39 is 16.1 Å². The van der Waals surface area contributed by atoms with Crippen molar-refractivity contribution in [2.75, 3.05) is 5.75 Å². The number of non-ortho nitro benzene ring substituents is 1. The molecule has 0 atom stereocenters. The van der Waals surface area contributed by atoms with Crippen molar-refractivity contribution >= 4 is 23.4 Å². The molecular weight excluding hydrogens is 292 g/mol. The van der Waals surface area contributed by atoms with E-state index in [1.807, 2.05) is 0 Å². The Morgan fingerprint density at radius 3 is 2.24 bits per heavy atom. The molecule has 0 aliphatic carbocycles. The van der Waals surface area contributed by atoms with E-state index in [1.54, 1.807) is 39.8 Å². The Bertz CT molecular complexity index is 521. The molecule has 0 heterocycles. The molecule has 0 saturated heterocycles. The zero-order chi connectivity index (χ0) is 16.3. The predicted octanol–water partition coefficient (Wildman–Crippen LogP) is 2.35. The zero-order valence-electron chi connectivity index (χ0n) is 12.5. The molecule has 0 aliphatic heterocycles. The van der Waals surface area contributed by atoms with Gasteiger partial charge in [0.2, 0.25) is 5.91 Å². The molecule has 0 aromatic heterocycles. The number of nitrogens with one attached hydrogen (secondary N) is 1. The Morgan fingerprint density at radius 2 is 1.81 bits per heavy atom. The number of rotatable bonds is 6. The maximum atomic E-state index is 11.9. The van der Waals surface area contributed by atoms with Crippen molar-refractivity contribution in [1.82, 2.24) is 5.32 Å². The lowest BCUT2D eigenvalue weighted by Gasteiger charge is -2.37. The number of amides is 1. The summed E-state index contributed by atoms with van der Waals surface area (Å²) in [6, 6.07) is 6.02. The molecular formula is C14H20N2O4S. The van der Waals surface area contributed by atoms with Crippen LogP contribution in [-0.4, -0.2) is 32.8 Å². The minimum Gasteiger partial charge on any atom is -0.388 e. The topological polar surface area (TPSA) is 92.5 Å². The van der Waals surface area contributed by atoms with Crippen LogP contribution in [0.5, 0.6) is 0 Å². The van der Waals surface area contributed by atoms with Crippen LogP contribution in [0.25, 0.3) is 0 Å². The summed E-state index contributed by atoms with van der Waals surface area (Å²) >= 11 is 1.28. The normalized spacial score (nSPS) is 12.0. The van der Waals surface area contributed by atoms with Gasteiger partial charge < -0.3 is 10.4 Å². The van der Waals surface area contributed by atoms with Gasteiger partial charge in [-0.25, -0.2) is 0 Å². The van der Waals surface area contributed by atoms with Gasteiger partial charge in [-0.05, 0) is 39.8 Å². The Balaban J connectivity index is 2.55. The molecule has 1 amide bonds. The first-order valence-electron chi connectivity index (χ1n) is 6.43. The molecule has 0 bridgehead atoms. The number of aliphatic hydroxyl groups is 1. The summed E-state index contributed by atoms with van der Waals surface area (Å²) < 4.78 is 0. The highest BCUT2D eigenvalue weighted by molar-refractivity contribution is 8.00. The van der Waals surface area contributed by atoms with Crippen molar-refractivity contribution in [3.05, 3.63) is 34.4 Å². The lowest BCUT2D eigenvalue weighted by molar-refractivity contribution is -0.384. The minimum absolute atomic E-state index is 0.0203. The monoisotopic (exact) mass is 312 g/mol. The first-order valence-corrected chi connectivity index (χ1v) is 7.42. The fraction of sp³-hybridized carbons (Fsp3) is 0.500. The SMILES string of the molecule is CC(C)(O)C(C)(C)NC(=O)CSc1ccc([N+](=O)[O-])cc1. The van der Waals surface area contributed by atoms with Crippen LogP contribution in [0.3, 0.4) is 0 Å². The fourth-order valence-electron chi connectivity index (χ4n) is 1.35. The lowest BCUT2D eigenvalue weighted by Crippen LogP contribution is -2.58. The fourth-order valence-corrected chi connectivity index (χ4v) is 2.05. The van der Waals surface area contributed by atoms with Gasteiger partial charge >= 0.3 is 0 Å². The van der Waals surface area contributed by atoms with Crippen molar-refractivity contribution in [2.45, 2.75) is 43.7 Å². The molecule has 6 nitrogen and oxygen atoms in total.